The Morgan fingerprint density at radius 1 is 1.33 bits per heavy atom. The van der Waals surface area contributed by atoms with Crippen LogP contribution in [-0.2, 0) is 4.79 Å². The molecule has 0 unspecified atom stereocenters. The quantitative estimate of drug-likeness (QED) is 0.676. The van der Waals surface area contributed by atoms with Crippen molar-refractivity contribution in [3.63, 3.8) is 0 Å². The predicted octanol–water partition coefficient (Wildman–Crippen LogP) is 2.31. The highest BCUT2D eigenvalue weighted by atomic mass is 16.5. The normalized spacial score (nSPS) is 12.1. The molecule has 0 fully saturated rings. The second kappa shape index (κ2) is 7.19. The smallest absolute Gasteiger partial charge is 0.280 e. The number of hydrogen-bond acceptors (Lipinski definition) is 4. The first kappa shape index (κ1) is 14.7. The molecule has 0 aliphatic rings. The van der Waals surface area contributed by atoms with E-state index in [1.165, 1.54) is 0 Å². The van der Waals surface area contributed by atoms with Crippen LogP contribution in [0.4, 0.5) is 0 Å². The molecule has 21 heavy (non-hydrogen) atoms. The highest BCUT2D eigenvalue weighted by Crippen LogP contribution is 2.14. The van der Waals surface area contributed by atoms with E-state index < -0.39 is 6.10 Å². The van der Waals surface area contributed by atoms with Gasteiger partial charge in [-0.05, 0) is 49.2 Å². The molecular formula is C16H17N3O2. The molecule has 0 aliphatic heterocycles. The number of pyridine rings is 1. The van der Waals surface area contributed by atoms with Crippen molar-refractivity contribution in [2.75, 3.05) is 0 Å². The van der Waals surface area contributed by atoms with Crippen LogP contribution in [0.5, 0.6) is 5.75 Å². The summed E-state index contributed by atoms with van der Waals surface area (Å²) in [5.41, 5.74) is 4.39. The van der Waals surface area contributed by atoms with E-state index in [0.29, 0.717) is 5.75 Å². The molecule has 1 aromatic carbocycles. The van der Waals surface area contributed by atoms with E-state index in [-0.39, 0.29) is 5.91 Å². The third kappa shape index (κ3) is 4.72. The summed E-state index contributed by atoms with van der Waals surface area (Å²) >= 11 is 0. The van der Waals surface area contributed by atoms with E-state index in [1.807, 2.05) is 31.2 Å². The molecule has 2 rings (SSSR count). The maximum atomic E-state index is 11.9. The fourth-order valence-electron chi connectivity index (χ4n) is 1.66. The predicted molar refractivity (Wildman–Crippen MR) is 81.2 cm³/mol. The number of carbonyl (C=O) groups is 1. The average Bonchev–Trinajstić information content (AvgIpc) is 2.48. The molecule has 0 radical (unpaired) electrons. The summed E-state index contributed by atoms with van der Waals surface area (Å²) in [5, 5.41) is 3.89. The molecule has 0 saturated carbocycles. The second-order valence-electron chi connectivity index (χ2n) is 4.59. The number of nitrogens with one attached hydrogen (secondary N) is 1. The lowest BCUT2D eigenvalue weighted by Gasteiger charge is -2.13. The first-order valence-corrected chi connectivity index (χ1v) is 6.61. The summed E-state index contributed by atoms with van der Waals surface area (Å²) in [4.78, 5) is 15.8. The van der Waals surface area contributed by atoms with Gasteiger partial charge < -0.3 is 4.74 Å². The Balaban J connectivity index is 1.87. The Hall–Kier alpha value is -2.69. The van der Waals surface area contributed by atoms with Gasteiger partial charge in [-0.2, -0.15) is 5.10 Å². The van der Waals surface area contributed by atoms with Crippen LogP contribution >= 0.6 is 0 Å². The van der Waals surface area contributed by atoms with E-state index in [2.05, 4.69) is 15.5 Å². The topological polar surface area (TPSA) is 63.6 Å². The molecule has 1 aromatic heterocycles. The largest absolute Gasteiger partial charge is 0.481 e. The van der Waals surface area contributed by atoms with Crippen LogP contribution in [0.2, 0.25) is 0 Å². The Bertz CT molecular complexity index is 626. The van der Waals surface area contributed by atoms with Crippen molar-refractivity contribution in [1.82, 2.24) is 10.4 Å². The van der Waals surface area contributed by atoms with Gasteiger partial charge in [0, 0.05) is 12.4 Å². The lowest BCUT2D eigenvalue weighted by Crippen LogP contribution is -2.33. The van der Waals surface area contributed by atoms with Crippen molar-refractivity contribution >= 4 is 12.1 Å². The van der Waals surface area contributed by atoms with Crippen LogP contribution in [0.3, 0.4) is 0 Å². The Morgan fingerprint density at radius 3 is 2.81 bits per heavy atom. The number of ether oxygens (including phenoxy) is 1. The summed E-state index contributed by atoms with van der Waals surface area (Å²) in [6, 6.07) is 11.1. The summed E-state index contributed by atoms with van der Waals surface area (Å²) < 4.78 is 5.56. The molecule has 2 aromatic rings. The van der Waals surface area contributed by atoms with Gasteiger partial charge in [0.15, 0.2) is 6.10 Å². The van der Waals surface area contributed by atoms with Crippen LogP contribution < -0.4 is 10.2 Å². The third-order valence-corrected chi connectivity index (χ3v) is 2.77. The number of hydrogen-bond donors (Lipinski definition) is 1. The minimum absolute atomic E-state index is 0.304. The molecule has 1 amide bonds. The fraction of sp³-hybridized carbons (Fsp3) is 0.188. The number of aryl methyl sites for hydroxylation is 1. The van der Waals surface area contributed by atoms with Gasteiger partial charge in [0.05, 0.1) is 6.21 Å². The Morgan fingerprint density at radius 2 is 2.10 bits per heavy atom. The Kier molecular flexibility index (Phi) is 5.04. The van der Waals surface area contributed by atoms with Gasteiger partial charge in [-0.1, -0.05) is 12.1 Å². The number of benzene rings is 1. The SMILES string of the molecule is Cc1cccc(O[C@H](C)C(=O)NN=Cc2ccncc2)c1. The van der Waals surface area contributed by atoms with Crippen molar-refractivity contribution in [2.45, 2.75) is 20.0 Å². The van der Waals surface area contributed by atoms with Crippen molar-refractivity contribution in [2.24, 2.45) is 5.10 Å². The van der Waals surface area contributed by atoms with Crippen LogP contribution in [0.15, 0.2) is 53.9 Å². The molecule has 0 aliphatic carbocycles. The van der Waals surface area contributed by atoms with Gasteiger partial charge in [0.1, 0.15) is 5.75 Å². The summed E-state index contributed by atoms with van der Waals surface area (Å²) in [6.45, 7) is 3.65. The highest BCUT2D eigenvalue weighted by molar-refractivity contribution is 5.84. The van der Waals surface area contributed by atoms with Gasteiger partial charge >= 0.3 is 0 Å². The summed E-state index contributed by atoms with van der Waals surface area (Å²) in [6.07, 6.45) is 4.25. The molecular weight excluding hydrogens is 266 g/mol. The zero-order valence-corrected chi connectivity index (χ0v) is 12.0. The standard InChI is InChI=1S/C16H17N3O2/c1-12-4-3-5-15(10-12)21-13(2)16(20)19-18-11-14-6-8-17-9-7-14/h3-11,13H,1-2H3,(H,19,20)/t13-/m1/s1. The molecule has 5 heteroatoms. The second-order valence-corrected chi connectivity index (χ2v) is 4.59. The van der Waals surface area contributed by atoms with Crippen LogP contribution in [-0.4, -0.2) is 23.2 Å². The van der Waals surface area contributed by atoms with E-state index >= 15 is 0 Å². The van der Waals surface area contributed by atoms with E-state index in [1.54, 1.807) is 37.7 Å². The lowest BCUT2D eigenvalue weighted by atomic mass is 10.2. The van der Waals surface area contributed by atoms with Gasteiger partial charge in [0.25, 0.3) is 5.91 Å². The molecule has 0 bridgehead atoms. The van der Waals surface area contributed by atoms with Gasteiger partial charge in [0.2, 0.25) is 0 Å². The molecule has 5 nitrogen and oxygen atoms in total. The highest BCUT2D eigenvalue weighted by Gasteiger charge is 2.13. The van der Waals surface area contributed by atoms with Crippen molar-refractivity contribution in [3.8, 4) is 5.75 Å². The van der Waals surface area contributed by atoms with Crippen LogP contribution in [0.25, 0.3) is 0 Å². The number of carbonyl (C=O) groups excluding carboxylic acids is 1. The van der Waals surface area contributed by atoms with Gasteiger partial charge in [-0.25, -0.2) is 5.43 Å². The minimum atomic E-state index is -0.624. The zero-order valence-electron chi connectivity index (χ0n) is 12.0. The third-order valence-electron chi connectivity index (χ3n) is 2.77. The van der Waals surface area contributed by atoms with Crippen LogP contribution in [0, 0.1) is 6.92 Å². The van der Waals surface area contributed by atoms with Crippen molar-refractivity contribution in [1.29, 1.82) is 0 Å². The van der Waals surface area contributed by atoms with Crippen LogP contribution in [0.1, 0.15) is 18.1 Å². The number of nitrogens with zero attached hydrogens (tertiary/aromatic N) is 2. The Labute approximate surface area is 123 Å². The average molecular weight is 283 g/mol. The van der Waals surface area contributed by atoms with Gasteiger partial charge in [-0.3, -0.25) is 9.78 Å². The number of aromatic nitrogens is 1. The zero-order chi connectivity index (χ0) is 15.1. The van der Waals surface area contributed by atoms with E-state index in [9.17, 15) is 4.79 Å². The monoisotopic (exact) mass is 283 g/mol. The fourth-order valence-corrected chi connectivity index (χ4v) is 1.66. The minimum Gasteiger partial charge on any atom is -0.481 e. The molecule has 1 heterocycles. The molecule has 0 spiro atoms. The van der Waals surface area contributed by atoms with E-state index in [4.69, 9.17) is 4.74 Å². The molecule has 1 atom stereocenters. The summed E-state index contributed by atoms with van der Waals surface area (Å²) in [5.74, 6) is 0.359. The van der Waals surface area contributed by atoms with Crippen molar-refractivity contribution < 1.29 is 9.53 Å². The maximum absolute atomic E-state index is 11.9. The lowest BCUT2D eigenvalue weighted by molar-refractivity contribution is -0.127. The molecule has 0 saturated heterocycles. The molecule has 108 valence electrons. The number of hydrazone groups is 1. The number of amides is 1. The van der Waals surface area contributed by atoms with Crippen molar-refractivity contribution in [3.05, 3.63) is 59.9 Å². The summed E-state index contributed by atoms with van der Waals surface area (Å²) in [7, 11) is 0. The number of rotatable bonds is 5. The molecule has 1 N–H and O–H groups in total. The maximum Gasteiger partial charge on any atom is 0.280 e. The van der Waals surface area contributed by atoms with E-state index in [0.717, 1.165) is 11.1 Å². The first-order chi connectivity index (χ1) is 10.1. The van der Waals surface area contributed by atoms with Gasteiger partial charge in [-0.15, -0.1) is 0 Å². The first-order valence-electron chi connectivity index (χ1n) is 6.61.